The van der Waals surface area contributed by atoms with E-state index in [-0.39, 0.29) is 24.5 Å². The Morgan fingerprint density at radius 1 is 1.20 bits per heavy atom. The fourth-order valence-electron chi connectivity index (χ4n) is 3.09. The van der Waals surface area contributed by atoms with Crippen molar-refractivity contribution >= 4 is 35.4 Å². The lowest BCUT2D eigenvalue weighted by molar-refractivity contribution is -0.138. The maximum atomic E-state index is 11.8. The molecule has 2 amide bonds. The molecule has 3 rings (SSSR count). The zero-order chi connectivity index (χ0) is 17.8. The van der Waals surface area contributed by atoms with Crippen LogP contribution < -0.4 is 16.4 Å². The molecule has 2 aliphatic heterocycles. The molecule has 0 unspecified atom stereocenters. The molecular weight excluding hydrogens is 342 g/mol. The van der Waals surface area contributed by atoms with Crippen LogP contribution in [0.5, 0.6) is 0 Å². The van der Waals surface area contributed by atoms with Gasteiger partial charge in [0.1, 0.15) is 0 Å². The van der Waals surface area contributed by atoms with Crippen molar-refractivity contribution in [1.29, 1.82) is 0 Å². The van der Waals surface area contributed by atoms with Gasteiger partial charge in [0.15, 0.2) is 0 Å². The number of ether oxygens (including phenoxy) is 1. The number of esters is 2. The Balaban J connectivity index is 1.35. The number of carbonyl (C=O) groups excluding carboxylic acids is 3. The highest BCUT2D eigenvalue weighted by atomic mass is 32.2. The van der Waals surface area contributed by atoms with Crippen LogP contribution in [0.25, 0.3) is 0 Å². The molecule has 2 heterocycles. The second-order valence-electron chi connectivity index (χ2n) is 6.25. The number of nitrogen functional groups attached to an aromatic ring is 1. The first kappa shape index (κ1) is 17.6. The van der Waals surface area contributed by atoms with Gasteiger partial charge in [-0.05, 0) is 37.1 Å². The molecule has 0 radical (unpaired) electrons. The summed E-state index contributed by atoms with van der Waals surface area (Å²) >= 11 is 1.85. The van der Waals surface area contributed by atoms with Crippen molar-refractivity contribution in [2.75, 3.05) is 11.5 Å². The zero-order valence-corrected chi connectivity index (χ0v) is 14.5. The van der Waals surface area contributed by atoms with Crippen molar-refractivity contribution in [2.45, 2.75) is 43.0 Å². The van der Waals surface area contributed by atoms with E-state index in [4.69, 9.17) is 10.5 Å². The van der Waals surface area contributed by atoms with Crippen LogP contribution in [-0.2, 0) is 9.53 Å². The van der Waals surface area contributed by atoms with E-state index in [9.17, 15) is 14.4 Å². The molecule has 0 aromatic heterocycles. The number of carbonyl (C=O) groups is 3. The Morgan fingerprint density at radius 2 is 1.96 bits per heavy atom. The molecule has 25 heavy (non-hydrogen) atoms. The average molecular weight is 363 g/mol. The van der Waals surface area contributed by atoms with Crippen LogP contribution in [0.1, 0.15) is 36.0 Å². The van der Waals surface area contributed by atoms with Gasteiger partial charge in [0, 0.05) is 23.1 Å². The van der Waals surface area contributed by atoms with Gasteiger partial charge >= 0.3 is 18.0 Å². The smallest absolute Gasteiger partial charge is 0.345 e. The Bertz CT molecular complexity index is 664. The number of amides is 2. The minimum absolute atomic E-state index is 0.0925. The van der Waals surface area contributed by atoms with Gasteiger partial charge in [0.2, 0.25) is 0 Å². The van der Waals surface area contributed by atoms with Crippen LogP contribution in [0.2, 0.25) is 0 Å². The molecule has 2 fully saturated rings. The third-order valence-electron chi connectivity index (χ3n) is 4.41. The molecule has 2 saturated heterocycles. The van der Waals surface area contributed by atoms with E-state index in [0.717, 1.165) is 18.6 Å². The summed E-state index contributed by atoms with van der Waals surface area (Å²) in [6, 6.07) is 6.53. The number of hydrogen-bond acceptors (Lipinski definition) is 6. The summed E-state index contributed by atoms with van der Waals surface area (Å²) in [4.78, 5) is 34.9. The Labute approximate surface area is 150 Å². The molecule has 0 saturated carbocycles. The monoisotopic (exact) mass is 363 g/mol. The zero-order valence-electron chi connectivity index (χ0n) is 13.7. The van der Waals surface area contributed by atoms with Crippen molar-refractivity contribution in [3.63, 3.8) is 0 Å². The molecule has 4 N–H and O–H groups in total. The molecule has 2 aliphatic rings. The number of benzene rings is 1. The van der Waals surface area contributed by atoms with Crippen LogP contribution >= 0.6 is 11.8 Å². The second-order valence-corrected chi connectivity index (χ2v) is 7.52. The Hall–Kier alpha value is -2.22. The number of hydrogen-bond donors (Lipinski definition) is 3. The average Bonchev–Trinajstić information content (AvgIpc) is 3.11. The van der Waals surface area contributed by atoms with E-state index in [1.165, 1.54) is 12.1 Å². The highest BCUT2D eigenvalue weighted by Crippen LogP contribution is 2.33. The topological polar surface area (TPSA) is 111 Å². The van der Waals surface area contributed by atoms with Gasteiger partial charge in [-0.2, -0.15) is 11.8 Å². The minimum atomic E-state index is -0.654. The molecule has 0 spiro atoms. The first-order valence-corrected chi connectivity index (χ1v) is 9.37. The predicted molar refractivity (Wildman–Crippen MR) is 95.2 cm³/mol. The fourth-order valence-corrected chi connectivity index (χ4v) is 4.63. The lowest BCUT2D eigenvalue weighted by atomic mass is 10.0. The van der Waals surface area contributed by atoms with Crippen molar-refractivity contribution in [1.82, 2.24) is 10.6 Å². The highest BCUT2D eigenvalue weighted by Gasteiger charge is 2.42. The third-order valence-corrected chi connectivity index (χ3v) is 5.92. The lowest BCUT2D eigenvalue weighted by Crippen LogP contribution is -2.36. The van der Waals surface area contributed by atoms with Crippen LogP contribution in [0.4, 0.5) is 10.5 Å². The SMILES string of the molecule is Nc1ccc(C(=O)OC(=O)CCCC[C@@H]2SC[C@@H]3NC(=O)N[C@@H]32)cc1. The lowest BCUT2D eigenvalue weighted by Gasteiger charge is -2.16. The number of unbranched alkanes of at least 4 members (excludes halogenated alkanes) is 1. The number of nitrogens with two attached hydrogens (primary N) is 1. The quantitative estimate of drug-likeness (QED) is 0.233. The number of thioether (sulfide) groups is 1. The first-order chi connectivity index (χ1) is 12.0. The summed E-state index contributed by atoms with van der Waals surface area (Å²) in [5.41, 5.74) is 6.40. The maximum Gasteiger partial charge on any atom is 0.345 e. The van der Waals surface area contributed by atoms with E-state index < -0.39 is 11.9 Å². The van der Waals surface area contributed by atoms with Gasteiger partial charge < -0.3 is 21.1 Å². The van der Waals surface area contributed by atoms with E-state index in [1.54, 1.807) is 12.1 Å². The van der Waals surface area contributed by atoms with Gasteiger partial charge in [-0.25, -0.2) is 9.59 Å². The third kappa shape index (κ3) is 4.45. The van der Waals surface area contributed by atoms with E-state index in [1.807, 2.05) is 11.8 Å². The van der Waals surface area contributed by atoms with E-state index in [0.29, 0.717) is 22.9 Å². The van der Waals surface area contributed by atoms with Gasteiger partial charge in [-0.3, -0.25) is 4.79 Å². The molecule has 3 atom stereocenters. The van der Waals surface area contributed by atoms with Gasteiger partial charge in [0.05, 0.1) is 17.6 Å². The second kappa shape index (κ2) is 7.77. The van der Waals surface area contributed by atoms with E-state index in [2.05, 4.69) is 10.6 Å². The molecule has 134 valence electrons. The van der Waals surface area contributed by atoms with Crippen LogP contribution in [-0.4, -0.2) is 41.1 Å². The molecule has 8 heteroatoms. The molecule has 1 aromatic rings. The van der Waals surface area contributed by atoms with Gasteiger partial charge in [-0.1, -0.05) is 6.42 Å². The standard InChI is InChI=1S/C17H21N3O4S/c18-11-7-5-10(6-8-11)16(22)24-14(21)4-2-1-3-13-15-12(9-25-13)19-17(23)20-15/h5-8,12-13,15H,1-4,9,18H2,(H2,19,20,23)/t12-,13-,15-/m0/s1. The number of anilines is 1. The summed E-state index contributed by atoms with van der Waals surface area (Å²) in [6.07, 6.45) is 2.63. The first-order valence-electron chi connectivity index (χ1n) is 8.32. The largest absolute Gasteiger partial charge is 0.399 e. The molecular formula is C17H21N3O4S. The number of rotatable bonds is 6. The summed E-state index contributed by atoms with van der Waals surface area (Å²) in [6.45, 7) is 0. The maximum absolute atomic E-state index is 11.8. The van der Waals surface area contributed by atoms with Gasteiger partial charge in [0.25, 0.3) is 0 Å². The molecule has 1 aromatic carbocycles. The fraction of sp³-hybridized carbons (Fsp3) is 0.471. The van der Waals surface area contributed by atoms with E-state index >= 15 is 0 Å². The summed E-state index contributed by atoms with van der Waals surface area (Å²) in [7, 11) is 0. The van der Waals surface area contributed by atoms with Gasteiger partial charge in [-0.15, -0.1) is 0 Å². The van der Waals surface area contributed by atoms with Crippen molar-refractivity contribution in [3.05, 3.63) is 29.8 Å². The van der Waals surface area contributed by atoms with Crippen LogP contribution in [0, 0.1) is 0 Å². The normalized spacial score (nSPS) is 24.3. The molecule has 0 bridgehead atoms. The summed E-state index contributed by atoms with van der Waals surface area (Å²) in [5.74, 6) is -0.250. The predicted octanol–water partition coefficient (Wildman–Crippen LogP) is 1.68. The van der Waals surface area contributed by atoms with Crippen LogP contribution in [0.3, 0.4) is 0 Å². The number of nitrogens with one attached hydrogen (secondary N) is 2. The molecule has 0 aliphatic carbocycles. The number of urea groups is 1. The van der Waals surface area contributed by atoms with Crippen LogP contribution in [0.15, 0.2) is 24.3 Å². The van der Waals surface area contributed by atoms with Crippen molar-refractivity contribution < 1.29 is 19.1 Å². The Morgan fingerprint density at radius 3 is 2.72 bits per heavy atom. The highest BCUT2D eigenvalue weighted by molar-refractivity contribution is 8.00. The van der Waals surface area contributed by atoms with Crippen molar-refractivity contribution in [3.8, 4) is 0 Å². The summed E-state index contributed by atoms with van der Waals surface area (Å²) in [5, 5.41) is 6.22. The van der Waals surface area contributed by atoms with Crippen molar-refractivity contribution in [2.24, 2.45) is 0 Å². The molecule has 7 nitrogen and oxygen atoms in total. The Kier molecular flexibility index (Phi) is 5.47. The number of fused-ring (bicyclic) bond motifs is 1. The summed E-state index contributed by atoms with van der Waals surface area (Å²) < 4.78 is 4.84. The minimum Gasteiger partial charge on any atom is -0.399 e.